The Morgan fingerprint density at radius 1 is 1.47 bits per heavy atom. The number of hydrogen-bond donors (Lipinski definition) is 1. The Labute approximate surface area is 89.4 Å². The number of halogens is 1. The Morgan fingerprint density at radius 3 is 2.80 bits per heavy atom. The van der Waals surface area contributed by atoms with Crippen LogP contribution >= 0.6 is 0 Å². The Morgan fingerprint density at radius 2 is 2.27 bits per heavy atom. The van der Waals surface area contributed by atoms with Gasteiger partial charge in [0, 0.05) is 18.3 Å². The second-order valence-electron chi connectivity index (χ2n) is 4.03. The minimum absolute atomic E-state index is 0.296. The van der Waals surface area contributed by atoms with Gasteiger partial charge in [-0.2, -0.15) is 0 Å². The highest BCUT2D eigenvalue weighted by molar-refractivity contribution is 5.47. The van der Waals surface area contributed by atoms with Crippen molar-refractivity contribution in [1.29, 1.82) is 0 Å². The van der Waals surface area contributed by atoms with E-state index < -0.39 is 0 Å². The van der Waals surface area contributed by atoms with Crippen molar-refractivity contribution in [3.05, 3.63) is 24.0 Å². The monoisotopic (exact) mass is 209 g/mol. The van der Waals surface area contributed by atoms with Gasteiger partial charge in [-0.15, -0.1) is 0 Å². The van der Waals surface area contributed by atoms with Crippen LogP contribution in [0.1, 0.15) is 19.3 Å². The van der Waals surface area contributed by atoms with Crippen LogP contribution in [0.2, 0.25) is 0 Å². The van der Waals surface area contributed by atoms with E-state index in [1.54, 1.807) is 6.07 Å². The molecule has 1 saturated carbocycles. The molecule has 0 heterocycles. The Bertz CT molecular complexity index is 336. The van der Waals surface area contributed by atoms with Crippen LogP contribution in [0.4, 0.5) is 10.1 Å². The third-order valence-corrected chi connectivity index (χ3v) is 2.97. The van der Waals surface area contributed by atoms with Gasteiger partial charge in [0.15, 0.2) is 11.6 Å². The second-order valence-corrected chi connectivity index (χ2v) is 4.03. The number of methoxy groups -OCH3 is 1. The molecule has 0 amide bonds. The molecule has 2 rings (SSSR count). The second kappa shape index (κ2) is 4.51. The molecule has 0 aliphatic heterocycles. The Hall–Kier alpha value is -1.25. The van der Waals surface area contributed by atoms with E-state index in [4.69, 9.17) is 4.74 Å². The molecule has 0 saturated heterocycles. The van der Waals surface area contributed by atoms with E-state index in [9.17, 15) is 4.39 Å². The molecule has 0 bridgehead atoms. The molecule has 0 spiro atoms. The molecule has 82 valence electrons. The lowest BCUT2D eigenvalue weighted by atomic mass is 9.85. The first-order chi connectivity index (χ1) is 7.29. The van der Waals surface area contributed by atoms with Crippen molar-refractivity contribution in [2.45, 2.75) is 19.3 Å². The van der Waals surface area contributed by atoms with Crippen LogP contribution in [-0.4, -0.2) is 13.7 Å². The zero-order valence-electron chi connectivity index (χ0n) is 8.92. The smallest absolute Gasteiger partial charge is 0.167 e. The molecule has 0 atom stereocenters. The molecule has 1 fully saturated rings. The summed E-state index contributed by atoms with van der Waals surface area (Å²) in [6.07, 6.45) is 3.93. The van der Waals surface area contributed by atoms with Gasteiger partial charge in [0.2, 0.25) is 0 Å². The SMILES string of the molecule is COc1ccc(NCC2CCC2)cc1F. The molecule has 0 unspecified atom stereocenters. The predicted octanol–water partition coefficient (Wildman–Crippen LogP) is 3.05. The predicted molar refractivity (Wildman–Crippen MR) is 58.8 cm³/mol. The molecule has 1 aromatic carbocycles. The molecule has 0 aromatic heterocycles. The third-order valence-electron chi connectivity index (χ3n) is 2.97. The zero-order chi connectivity index (χ0) is 10.7. The van der Waals surface area contributed by atoms with Gasteiger partial charge in [0.25, 0.3) is 0 Å². The summed E-state index contributed by atoms with van der Waals surface area (Å²) in [5.74, 6) is 0.760. The van der Waals surface area contributed by atoms with Gasteiger partial charge in [-0.3, -0.25) is 0 Å². The zero-order valence-corrected chi connectivity index (χ0v) is 8.92. The van der Waals surface area contributed by atoms with Gasteiger partial charge in [0.05, 0.1) is 7.11 Å². The summed E-state index contributed by atoms with van der Waals surface area (Å²) in [6, 6.07) is 4.98. The number of ether oxygens (including phenoxy) is 1. The summed E-state index contributed by atoms with van der Waals surface area (Å²) in [4.78, 5) is 0. The minimum atomic E-state index is -0.309. The van der Waals surface area contributed by atoms with E-state index in [-0.39, 0.29) is 5.82 Å². The van der Waals surface area contributed by atoms with Crippen molar-refractivity contribution in [3.8, 4) is 5.75 Å². The van der Waals surface area contributed by atoms with Gasteiger partial charge < -0.3 is 10.1 Å². The highest BCUT2D eigenvalue weighted by Gasteiger charge is 2.16. The number of nitrogens with one attached hydrogen (secondary N) is 1. The number of rotatable bonds is 4. The molecule has 15 heavy (non-hydrogen) atoms. The van der Waals surface area contributed by atoms with Crippen molar-refractivity contribution in [1.82, 2.24) is 0 Å². The van der Waals surface area contributed by atoms with Gasteiger partial charge in [-0.1, -0.05) is 6.42 Å². The van der Waals surface area contributed by atoms with E-state index in [1.807, 2.05) is 6.07 Å². The van der Waals surface area contributed by atoms with E-state index in [0.717, 1.165) is 18.2 Å². The number of anilines is 1. The van der Waals surface area contributed by atoms with Crippen molar-refractivity contribution >= 4 is 5.69 Å². The maximum absolute atomic E-state index is 13.3. The third kappa shape index (κ3) is 2.41. The lowest BCUT2D eigenvalue weighted by Gasteiger charge is -2.25. The molecule has 1 aliphatic rings. The first-order valence-corrected chi connectivity index (χ1v) is 5.37. The first kappa shape index (κ1) is 10.3. The molecule has 1 aromatic rings. The van der Waals surface area contributed by atoms with Crippen LogP contribution in [0.15, 0.2) is 18.2 Å². The van der Waals surface area contributed by atoms with Crippen molar-refractivity contribution in [2.75, 3.05) is 19.0 Å². The van der Waals surface area contributed by atoms with Gasteiger partial charge >= 0.3 is 0 Å². The molecular formula is C12H16FNO. The average Bonchev–Trinajstić information content (AvgIpc) is 2.16. The number of hydrogen-bond acceptors (Lipinski definition) is 2. The van der Waals surface area contributed by atoms with E-state index in [0.29, 0.717) is 5.75 Å². The average molecular weight is 209 g/mol. The van der Waals surface area contributed by atoms with E-state index in [2.05, 4.69) is 5.32 Å². The lowest BCUT2D eigenvalue weighted by Crippen LogP contribution is -2.20. The highest BCUT2D eigenvalue weighted by atomic mass is 19.1. The van der Waals surface area contributed by atoms with Crippen LogP contribution in [0.25, 0.3) is 0 Å². The summed E-state index contributed by atoms with van der Waals surface area (Å²) in [6.45, 7) is 0.950. The van der Waals surface area contributed by atoms with Gasteiger partial charge in [0.1, 0.15) is 0 Å². The Kier molecular flexibility index (Phi) is 3.09. The first-order valence-electron chi connectivity index (χ1n) is 5.37. The fourth-order valence-electron chi connectivity index (χ4n) is 1.74. The van der Waals surface area contributed by atoms with Crippen LogP contribution < -0.4 is 10.1 Å². The molecule has 1 aliphatic carbocycles. The fraction of sp³-hybridized carbons (Fsp3) is 0.500. The van der Waals surface area contributed by atoms with Crippen LogP contribution in [0, 0.1) is 11.7 Å². The standard InChI is InChI=1S/C12H16FNO/c1-15-12-6-5-10(7-11(12)13)14-8-9-3-2-4-9/h5-7,9,14H,2-4,8H2,1H3. The van der Waals surface area contributed by atoms with Gasteiger partial charge in [-0.05, 0) is 30.9 Å². The summed E-state index contributed by atoms with van der Waals surface area (Å²) in [7, 11) is 1.47. The Balaban J connectivity index is 1.93. The maximum atomic E-state index is 13.3. The summed E-state index contributed by atoms with van der Waals surface area (Å²) in [5.41, 5.74) is 0.834. The van der Waals surface area contributed by atoms with Gasteiger partial charge in [-0.25, -0.2) is 4.39 Å². The normalized spacial score (nSPS) is 15.9. The molecule has 1 N–H and O–H groups in total. The highest BCUT2D eigenvalue weighted by Crippen LogP contribution is 2.27. The molecule has 0 radical (unpaired) electrons. The summed E-state index contributed by atoms with van der Waals surface area (Å²) < 4.78 is 18.2. The molecule has 3 heteroatoms. The number of benzene rings is 1. The van der Waals surface area contributed by atoms with Crippen LogP contribution in [0.3, 0.4) is 0 Å². The largest absolute Gasteiger partial charge is 0.494 e. The molecule has 2 nitrogen and oxygen atoms in total. The topological polar surface area (TPSA) is 21.3 Å². The molecular weight excluding hydrogens is 193 g/mol. The maximum Gasteiger partial charge on any atom is 0.167 e. The van der Waals surface area contributed by atoms with E-state index in [1.165, 1.54) is 32.4 Å². The lowest BCUT2D eigenvalue weighted by molar-refractivity contribution is 0.333. The van der Waals surface area contributed by atoms with Crippen LogP contribution in [0.5, 0.6) is 5.75 Å². The van der Waals surface area contributed by atoms with Crippen LogP contribution in [-0.2, 0) is 0 Å². The van der Waals surface area contributed by atoms with Crippen molar-refractivity contribution in [2.24, 2.45) is 5.92 Å². The summed E-state index contributed by atoms with van der Waals surface area (Å²) >= 11 is 0. The fourth-order valence-corrected chi connectivity index (χ4v) is 1.74. The summed E-state index contributed by atoms with van der Waals surface area (Å²) in [5, 5.41) is 3.24. The minimum Gasteiger partial charge on any atom is -0.494 e. The van der Waals surface area contributed by atoms with Crippen molar-refractivity contribution in [3.63, 3.8) is 0 Å². The van der Waals surface area contributed by atoms with E-state index >= 15 is 0 Å². The van der Waals surface area contributed by atoms with Crippen molar-refractivity contribution < 1.29 is 9.13 Å². The quantitative estimate of drug-likeness (QED) is 0.823.